The summed E-state index contributed by atoms with van der Waals surface area (Å²) in [7, 11) is 0. The predicted molar refractivity (Wildman–Crippen MR) is 60.0 cm³/mol. The van der Waals surface area contributed by atoms with Gasteiger partial charge in [0, 0.05) is 5.41 Å². The second-order valence-corrected chi connectivity index (χ2v) is 4.41. The average Bonchev–Trinajstić information content (AvgIpc) is 2.29. The lowest BCUT2D eigenvalue weighted by atomic mass is 9.80. The summed E-state index contributed by atoms with van der Waals surface area (Å²) in [5.74, 6) is 0.655. The summed E-state index contributed by atoms with van der Waals surface area (Å²) in [5.41, 5.74) is 0.718. The molecule has 1 rings (SSSR count). The highest BCUT2D eigenvalue weighted by atomic mass is 16.1. The first kappa shape index (κ1) is 11.0. The number of carbonyl (C=O) groups excluding carboxylic acids is 1. The molecule has 1 heteroatoms. The van der Waals surface area contributed by atoms with E-state index in [1.165, 1.54) is 0 Å². The number of hydrogen-bond acceptors (Lipinski definition) is 1. The molecule has 0 heterocycles. The first-order valence-electron chi connectivity index (χ1n) is 5.03. The summed E-state index contributed by atoms with van der Waals surface area (Å²) in [6, 6.07) is 0. The van der Waals surface area contributed by atoms with Gasteiger partial charge in [-0.05, 0) is 32.3 Å². The molecule has 0 N–H and O–H groups in total. The van der Waals surface area contributed by atoms with E-state index in [4.69, 9.17) is 0 Å². The highest BCUT2D eigenvalue weighted by Gasteiger charge is 2.26. The van der Waals surface area contributed by atoms with E-state index in [0.29, 0.717) is 5.92 Å². The van der Waals surface area contributed by atoms with Gasteiger partial charge in [0.1, 0.15) is 5.78 Å². The molecular formula is C13H18O. The third kappa shape index (κ3) is 2.22. The minimum atomic E-state index is -0.370. The van der Waals surface area contributed by atoms with Crippen molar-refractivity contribution in [3.63, 3.8) is 0 Å². The van der Waals surface area contributed by atoms with E-state index in [1.807, 2.05) is 26.0 Å². The Bertz CT molecular complexity index is 316. The number of Topliss-reactive ketones (excluding diaryl/α,β-unsaturated/α-hetero) is 1. The van der Waals surface area contributed by atoms with Crippen LogP contribution in [0.25, 0.3) is 0 Å². The molecule has 0 aliphatic heterocycles. The molecule has 0 spiro atoms. The Morgan fingerprint density at radius 1 is 1.36 bits per heavy atom. The van der Waals surface area contributed by atoms with Crippen molar-refractivity contribution >= 4 is 5.78 Å². The smallest absolute Gasteiger partial charge is 0.139 e. The zero-order valence-corrected chi connectivity index (χ0v) is 9.37. The first-order valence-corrected chi connectivity index (χ1v) is 5.03. The maximum atomic E-state index is 11.5. The van der Waals surface area contributed by atoms with Crippen molar-refractivity contribution in [1.82, 2.24) is 0 Å². The van der Waals surface area contributed by atoms with Gasteiger partial charge in [-0.1, -0.05) is 37.3 Å². The van der Waals surface area contributed by atoms with Gasteiger partial charge in [0.25, 0.3) is 0 Å². The molecule has 1 unspecified atom stereocenters. The molecular weight excluding hydrogens is 172 g/mol. The van der Waals surface area contributed by atoms with Gasteiger partial charge in [-0.25, -0.2) is 0 Å². The van der Waals surface area contributed by atoms with Crippen LogP contribution in [0.1, 0.15) is 27.7 Å². The monoisotopic (exact) mass is 190 g/mol. The van der Waals surface area contributed by atoms with Gasteiger partial charge in [0.05, 0.1) is 0 Å². The maximum absolute atomic E-state index is 11.5. The minimum Gasteiger partial charge on any atom is -0.299 e. The quantitative estimate of drug-likeness (QED) is 0.653. The van der Waals surface area contributed by atoms with Crippen LogP contribution in [-0.2, 0) is 4.79 Å². The Kier molecular flexibility index (Phi) is 3.10. The lowest BCUT2D eigenvalue weighted by Gasteiger charge is -2.22. The SMILES string of the molecule is CC(=O)C(C)(C)C1=CC=CC(C)C=C1. The normalized spacial score (nSPS) is 21.7. The van der Waals surface area contributed by atoms with E-state index >= 15 is 0 Å². The number of rotatable bonds is 2. The van der Waals surface area contributed by atoms with Crippen molar-refractivity contribution in [3.8, 4) is 0 Å². The third-order valence-electron chi connectivity index (χ3n) is 2.87. The Morgan fingerprint density at radius 3 is 2.57 bits per heavy atom. The van der Waals surface area contributed by atoms with Crippen LogP contribution in [0.3, 0.4) is 0 Å². The summed E-state index contributed by atoms with van der Waals surface area (Å²) in [4.78, 5) is 11.5. The zero-order valence-electron chi connectivity index (χ0n) is 9.37. The molecule has 1 atom stereocenters. The van der Waals surface area contributed by atoms with Gasteiger partial charge in [-0.2, -0.15) is 0 Å². The van der Waals surface area contributed by atoms with E-state index in [-0.39, 0.29) is 11.2 Å². The molecule has 1 nitrogen and oxygen atoms in total. The molecule has 14 heavy (non-hydrogen) atoms. The van der Waals surface area contributed by atoms with Crippen LogP contribution in [0.4, 0.5) is 0 Å². The summed E-state index contributed by atoms with van der Waals surface area (Å²) in [5, 5.41) is 0. The second-order valence-electron chi connectivity index (χ2n) is 4.41. The van der Waals surface area contributed by atoms with Crippen molar-refractivity contribution in [2.45, 2.75) is 27.7 Å². The molecule has 0 aromatic rings. The number of hydrogen-bond donors (Lipinski definition) is 0. The lowest BCUT2D eigenvalue weighted by molar-refractivity contribution is -0.123. The maximum Gasteiger partial charge on any atom is 0.139 e. The van der Waals surface area contributed by atoms with Crippen molar-refractivity contribution in [1.29, 1.82) is 0 Å². The summed E-state index contributed by atoms with van der Waals surface area (Å²) in [6.45, 7) is 7.71. The van der Waals surface area contributed by atoms with Crippen molar-refractivity contribution in [3.05, 3.63) is 36.0 Å². The highest BCUT2D eigenvalue weighted by molar-refractivity contribution is 5.85. The molecule has 0 radical (unpaired) electrons. The van der Waals surface area contributed by atoms with Gasteiger partial charge in [0.15, 0.2) is 0 Å². The Morgan fingerprint density at radius 2 is 2.00 bits per heavy atom. The summed E-state index contributed by atoms with van der Waals surface area (Å²) in [6.07, 6.45) is 10.4. The molecule has 0 saturated heterocycles. The van der Waals surface area contributed by atoms with Crippen LogP contribution in [0.5, 0.6) is 0 Å². The Balaban J connectivity index is 3.00. The molecule has 1 aliphatic rings. The van der Waals surface area contributed by atoms with Gasteiger partial charge in [0.2, 0.25) is 0 Å². The average molecular weight is 190 g/mol. The van der Waals surface area contributed by atoms with Crippen molar-refractivity contribution < 1.29 is 4.79 Å². The molecule has 0 bridgehead atoms. The molecule has 76 valence electrons. The van der Waals surface area contributed by atoms with E-state index < -0.39 is 0 Å². The van der Waals surface area contributed by atoms with Gasteiger partial charge in [-0.3, -0.25) is 4.79 Å². The van der Waals surface area contributed by atoms with Crippen LogP contribution in [-0.4, -0.2) is 5.78 Å². The van der Waals surface area contributed by atoms with E-state index in [9.17, 15) is 4.79 Å². The topological polar surface area (TPSA) is 17.1 Å². The van der Waals surface area contributed by atoms with Crippen molar-refractivity contribution in [2.24, 2.45) is 11.3 Å². The molecule has 0 aromatic carbocycles. The van der Waals surface area contributed by atoms with Gasteiger partial charge < -0.3 is 0 Å². The van der Waals surface area contributed by atoms with Gasteiger partial charge >= 0.3 is 0 Å². The Labute approximate surface area is 86.2 Å². The molecule has 0 aromatic heterocycles. The fourth-order valence-electron chi connectivity index (χ4n) is 1.33. The van der Waals surface area contributed by atoms with Crippen LogP contribution < -0.4 is 0 Å². The highest BCUT2D eigenvalue weighted by Crippen LogP contribution is 2.29. The largest absolute Gasteiger partial charge is 0.299 e. The second kappa shape index (κ2) is 3.95. The zero-order chi connectivity index (χ0) is 10.8. The fraction of sp³-hybridized carbons (Fsp3) is 0.462. The van der Waals surface area contributed by atoms with E-state index in [0.717, 1.165) is 5.57 Å². The third-order valence-corrected chi connectivity index (χ3v) is 2.87. The van der Waals surface area contributed by atoms with Gasteiger partial charge in [-0.15, -0.1) is 0 Å². The molecule has 1 aliphatic carbocycles. The number of carbonyl (C=O) groups is 1. The minimum absolute atomic E-state index is 0.205. The predicted octanol–water partition coefficient (Wildman–Crippen LogP) is 3.29. The number of ketones is 1. The van der Waals surface area contributed by atoms with Crippen molar-refractivity contribution in [2.75, 3.05) is 0 Å². The molecule has 0 fully saturated rings. The van der Waals surface area contributed by atoms with Crippen LogP contribution >= 0.6 is 0 Å². The standard InChI is InChI=1S/C13H18O/c1-10-6-5-7-12(9-8-10)13(3,4)11(2)14/h5-10H,1-4H3. The summed E-state index contributed by atoms with van der Waals surface area (Å²) < 4.78 is 0. The molecule has 0 saturated carbocycles. The van der Waals surface area contributed by atoms with Crippen LogP contribution in [0.2, 0.25) is 0 Å². The molecule has 0 amide bonds. The first-order chi connectivity index (χ1) is 6.44. The van der Waals surface area contributed by atoms with Crippen LogP contribution in [0, 0.1) is 11.3 Å². The lowest BCUT2D eigenvalue weighted by Crippen LogP contribution is -2.23. The number of allylic oxidation sites excluding steroid dienone is 6. The Hall–Kier alpha value is -1.11. The fourth-order valence-corrected chi connectivity index (χ4v) is 1.33. The van der Waals surface area contributed by atoms with E-state index in [2.05, 4.69) is 25.2 Å². The summed E-state index contributed by atoms with van der Waals surface area (Å²) >= 11 is 0. The van der Waals surface area contributed by atoms with Crippen LogP contribution in [0.15, 0.2) is 36.0 Å². The van der Waals surface area contributed by atoms with E-state index in [1.54, 1.807) is 6.92 Å².